The molecule has 3 aromatic rings. The number of Topliss-reactive ketones (excluding diaryl/α,β-unsaturated/α-hetero) is 1. The van der Waals surface area contributed by atoms with Gasteiger partial charge >= 0.3 is 5.97 Å². The standard InChI is InChI=1S/C26H20BrNO6/c1-33-20-9-4-3-8-19(20)22-21(23(29)15-10-12-17(27)13-11-15)24(30)25(31)28(22)18-7-5-6-16(14-18)26(32)34-2/h3-14,22,29H,1-2H3/b23-21+. The van der Waals surface area contributed by atoms with Crippen LogP contribution in [-0.2, 0) is 14.3 Å². The Kier molecular flexibility index (Phi) is 6.51. The van der Waals surface area contributed by atoms with Gasteiger partial charge in [0.2, 0.25) is 0 Å². The van der Waals surface area contributed by atoms with E-state index < -0.39 is 23.7 Å². The molecule has 1 saturated heterocycles. The molecule has 34 heavy (non-hydrogen) atoms. The summed E-state index contributed by atoms with van der Waals surface area (Å²) in [4.78, 5) is 39.9. The molecule has 1 atom stereocenters. The highest BCUT2D eigenvalue weighted by Gasteiger charge is 2.48. The number of halogens is 1. The zero-order valence-corrected chi connectivity index (χ0v) is 19.9. The molecule has 0 bridgehead atoms. The Labute approximate surface area is 204 Å². The first-order valence-electron chi connectivity index (χ1n) is 10.3. The lowest BCUT2D eigenvalue weighted by molar-refractivity contribution is -0.132. The number of rotatable bonds is 5. The normalized spacial score (nSPS) is 17.0. The van der Waals surface area contributed by atoms with Crippen LogP contribution in [-0.4, -0.2) is 37.0 Å². The summed E-state index contributed by atoms with van der Waals surface area (Å²) < 4.78 is 11.1. The second kappa shape index (κ2) is 9.52. The number of aliphatic hydroxyl groups excluding tert-OH is 1. The van der Waals surface area contributed by atoms with Crippen LogP contribution in [0.3, 0.4) is 0 Å². The molecule has 4 rings (SSSR count). The highest BCUT2D eigenvalue weighted by atomic mass is 79.9. The van der Waals surface area contributed by atoms with Crippen molar-refractivity contribution in [3.8, 4) is 5.75 Å². The largest absolute Gasteiger partial charge is 0.507 e. The summed E-state index contributed by atoms with van der Waals surface area (Å²) in [5.74, 6) is -2.14. The van der Waals surface area contributed by atoms with Crippen LogP contribution in [0.15, 0.2) is 82.8 Å². The number of hydrogen-bond acceptors (Lipinski definition) is 6. The van der Waals surface area contributed by atoms with E-state index in [4.69, 9.17) is 9.47 Å². The summed E-state index contributed by atoms with van der Waals surface area (Å²) in [5, 5.41) is 11.2. The molecular formula is C26H20BrNO6. The quantitative estimate of drug-likeness (QED) is 0.223. The second-order valence-corrected chi connectivity index (χ2v) is 8.38. The van der Waals surface area contributed by atoms with Crippen molar-refractivity contribution in [2.75, 3.05) is 19.1 Å². The van der Waals surface area contributed by atoms with Crippen LogP contribution < -0.4 is 9.64 Å². The maximum atomic E-state index is 13.3. The minimum atomic E-state index is -0.993. The maximum absolute atomic E-state index is 13.3. The molecule has 1 amide bonds. The molecule has 1 unspecified atom stereocenters. The number of carbonyl (C=O) groups is 3. The Bertz CT molecular complexity index is 1310. The zero-order valence-electron chi connectivity index (χ0n) is 18.3. The Morgan fingerprint density at radius 3 is 2.32 bits per heavy atom. The molecule has 8 heteroatoms. The number of ether oxygens (including phenoxy) is 2. The number of anilines is 1. The summed E-state index contributed by atoms with van der Waals surface area (Å²) in [6.07, 6.45) is 0. The van der Waals surface area contributed by atoms with E-state index >= 15 is 0 Å². The lowest BCUT2D eigenvalue weighted by Gasteiger charge is -2.27. The van der Waals surface area contributed by atoms with E-state index in [0.29, 0.717) is 22.6 Å². The van der Waals surface area contributed by atoms with Crippen molar-refractivity contribution in [1.82, 2.24) is 0 Å². The van der Waals surface area contributed by atoms with E-state index in [-0.39, 0.29) is 16.9 Å². The highest BCUT2D eigenvalue weighted by molar-refractivity contribution is 9.10. The fourth-order valence-electron chi connectivity index (χ4n) is 3.95. The lowest BCUT2D eigenvalue weighted by Crippen LogP contribution is -2.29. The smallest absolute Gasteiger partial charge is 0.337 e. The van der Waals surface area contributed by atoms with Crippen LogP contribution in [0.5, 0.6) is 5.75 Å². The van der Waals surface area contributed by atoms with Crippen molar-refractivity contribution in [1.29, 1.82) is 0 Å². The fraction of sp³-hybridized carbons (Fsp3) is 0.115. The molecule has 1 aliphatic heterocycles. The molecule has 0 spiro atoms. The molecule has 1 fully saturated rings. The number of ketones is 1. The number of para-hydroxylation sites is 1. The van der Waals surface area contributed by atoms with Gasteiger partial charge in [-0.25, -0.2) is 4.79 Å². The van der Waals surface area contributed by atoms with Crippen molar-refractivity contribution in [3.05, 3.63) is 99.5 Å². The average Bonchev–Trinajstić information content (AvgIpc) is 3.13. The van der Waals surface area contributed by atoms with Gasteiger partial charge in [0, 0.05) is 21.3 Å². The molecule has 7 nitrogen and oxygen atoms in total. The molecule has 1 heterocycles. The summed E-state index contributed by atoms with van der Waals surface area (Å²) in [7, 11) is 2.74. The van der Waals surface area contributed by atoms with E-state index in [9.17, 15) is 19.5 Å². The van der Waals surface area contributed by atoms with Gasteiger partial charge in [-0.2, -0.15) is 0 Å². The number of amides is 1. The second-order valence-electron chi connectivity index (χ2n) is 7.46. The third kappa shape index (κ3) is 4.08. The van der Waals surface area contributed by atoms with Gasteiger partial charge in [0.1, 0.15) is 11.5 Å². The molecule has 0 saturated carbocycles. The SMILES string of the molecule is COC(=O)c1cccc(N2C(=O)C(=O)/C(=C(/O)c3ccc(Br)cc3)C2c2ccccc2OC)c1. The van der Waals surface area contributed by atoms with Crippen molar-refractivity contribution < 1.29 is 29.0 Å². The van der Waals surface area contributed by atoms with E-state index in [2.05, 4.69) is 15.9 Å². The first-order valence-corrected chi connectivity index (χ1v) is 11.0. The van der Waals surface area contributed by atoms with Crippen LogP contribution in [0.1, 0.15) is 27.5 Å². The van der Waals surface area contributed by atoms with Gasteiger partial charge in [0.15, 0.2) is 0 Å². The zero-order chi connectivity index (χ0) is 24.4. The van der Waals surface area contributed by atoms with Gasteiger partial charge in [-0.3, -0.25) is 14.5 Å². The molecule has 0 radical (unpaired) electrons. The van der Waals surface area contributed by atoms with Crippen molar-refractivity contribution in [2.45, 2.75) is 6.04 Å². The Hall–Kier alpha value is -3.91. The Morgan fingerprint density at radius 2 is 1.65 bits per heavy atom. The molecule has 0 aromatic heterocycles. The number of methoxy groups -OCH3 is 2. The van der Waals surface area contributed by atoms with E-state index in [1.165, 1.54) is 25.2 Å². The number of aliphatic hydroxyl groups is 1. The first-order chi connectivity index (χ1) is 16.4. The summed E-state index contributed by atoms with van der Waals surface area (Å²) in [6.45, 7) is 0. The fourth-order valence-corrected chi connectivity index (χ4v) is 4.21. The van der Waals surface area contributed by atoms with Crippen LogP contribution >= 0.6 is 15.9 Å². The van der Waals surface area contributed by atoms with Crippen LogP contribution in [0.2, 0.25) is 0 Å². The highest BCUT2D eigenvalue weighted by Crippen LogP contribution is 2.45. The van der Waals surface area contributed by atoms with Crippen LogP contribution in [0.4, 0.5) is 5.69 Å². The van der Waals surface area contributed by atoms with Gasteiger partial charge in [-0.15, -0.1) is 0 Å². The third-order valence-electron chi connectivity index (χ3n) is 5.54. The van der Waals surface area contributed by atoms with Crippen LogP contribution in [0, 0.1) is 0 Å². The van der Waals surface area contributed by atoms with Gasteiger partial charge in [-0.05, 0) is 36.4 Å². The molecule has 1 aliphatic rings. The van der Waals surface area contributed by atoms with Gasteiger partial charge in [-0.1, -0.05) is 52.3 Å². The average molecular weight is 522 g/mol. The van der Waals surface area contributed by atoms with Crippen molar-refractivity contribution in [2.24, 2.45) is 0 Å². The van der Waals surface area contributed by atoms with Gasteiger partial charge < -0.3 is 14.6 Å². The van der Waals surface area contributed by atoms with E-state index in [1.54, 1.807) is 66.7 Å². The summed E-state index contributed by atoms with van der Waals surface area (Å²) in [5.41, 5.74) is 1.32. The van der Waals surface area contributed by atoms with E-state index in [0.717, 1.165) is 4.47 Å². The Morgan fingerprint density at radius 1 is 0.941 bits per heavy atom. The summed E-state index contributed by atoms with van der Waals surface area (Å²) >= 11 is 3.35. The van der Waals surface area contributed by atoms with Crippen LogP contribution in [0.25, 0.3) is 5.76 Å². The number of carbonyl (C=O) groups excluding carboxylic acids is 3. The number of esters is 1. The van der Waals surface area contributed by atoms with Crippen molar-refractivity contribution in [3.63, 3.8) is 0 Å². The predicted molar refractivity (Wildman–Crippen MR) is 130 cm³/mol. The molecule has 3 aromatic carbocycles. The molecule has 0 aliphatic carbocycles. The topological polar surface area (TPSA) is 93.1 Å². The minimum absolute atomic E-state index is 0.0831. The summed E-state index contributed by atoms with van der Waals surface area (Å²) in [6, 6.07) is 18.9. The molecular weight excluding hydrogens is 502 g/mol. The molecule has 172 valence electrons. The lowest BCUT2D eigenvalue weighted by atomic mass is 9.94. The number of hydrogen-bond donors (Lipinski definition) is 1. The van der Waals surface area contributed by atoms with Gasteiger partial charge in [0.25, 0.3) is 11.7 Å². The Balaban J connectivity index is 1.97. The molecule has 1 N–H and O–H groups in total. The van der Waals surface area contributed by atoms with Crippen molar-refractivity contribution >= 4 is 45.0 Å². The first kappa shape index (κ1) is 23.3. The minimum Gasteiger partial charge on any atom is -0.507 e. The maximum Gasteiger partial charge on any atom is 0.337 e. The number of nitrogens with zero attached hydrogens (tertiary/aromatic N) is 1. The van der Waals surface area contributed by atoms with E-state index in [1.807, 2.05) is 0 Å². The monoisotopic (exact) mass is 521 g/mol. The number of benzene rings is 3. The predicted octanol–water partition coefficient (Wildman–Crippen LogP) is 4.87. The third-order valence-corrected chi connectivity index (χ3v) is 6.07. The van der Waals surface area contributed by atoms with Gasteiger partial charge in [0.05, 0.1) is 31.4 Å².